The van der Waals surface area contributed by atoms with Crippen LogP contribution in [0.1, 0.15) is 32.0 Å². The summed E-state index contributed by atoms with van der Waals surface area (Å²) in [5.74, 6) is 0.363. The quantitative estimate of drug-likeness (QED) is 0.645. The van der Waals surface area contributed by atoms with Crippen molar-refractivity contribution >= 4 is 29.1 Å². The van der Waals surface area contributed by atoms with Crippen molar-refractivity contribution in [2.75, 3.05) is 6.54 Å². The lowest BCUT2D eigenvalue weighted by Crippen LogP contribution is -2.38. The summed E-state index contributed by atoms with van der Waals surface area (Å²) in [6, 6.07) is 11.9. The summed E-state index contributed by atoms with van der Waals surface area (Å²) in [6.07, 6.45) is 2.03. The van der Waals surface area contributed by atoms with Gasteiger partial charge >= 0.3 is 0 Å². The van der Waals surface area contributed by atoms with Crippen LogP contribution in [0.5, 0.6) is 0 Å². The second-order valence-corrected chi connectivity index (χ2v) is 7.58. The summed E-state index contributed by atoms with van der Waals surface area (Å²) in [4.78, 5) is 14.2. The average Bonchev–Trinajstić information content (AvgIpc) is 2.92. The van der Waals surface area contributed by atoms with E-state index in [4.69, 9.17) is 23.2 Å². The Morgan fingerprint density at radius 1 is 1.21 bits per heavy atom. The van der Waals surface area contributed by atoms with Crippen LogP contribution >= 0.6 is 23.2 Å². The number of hydrogen-bond acceptors (Lipinski definition) is 1. The van der Waals surface area contributed by atoms with Crippen molar-refractivity contribution in [2.24, 2.45) is 5.92 Å². The first kappa shape index (κ1) is 18.9. The smallest absolute Gasteiger partial charge is 0.240 e. The van der Waals surface area contributed by atoms with Crippen LogP contribution in [-0.4, -0.2) is 27.3 Å². The molecular formula is C19H24Cl2N2O. The van der Waals surface area contributed by atoms with Crippen LogP contribution in [0.3, 0.4) is 0 Å². The first-order valence-corrected chi connectivity index (χ1v) is 8.99. The normalized spacial score (nSPS) is 12.4. The fourth-order valence-corrected chi connectivity index (χ4v) is 3.05. The number of carbonyl (C=O) groups excluding carboxylic acids is 1. The van der Waals surface area contributed by atoms with Crippen LogP contribution in [0.25, 0.3) is 0 Å². The molecule has 1 aromatic heterocycles. The summed E-state index contributed by atoms with van der Waals surface area (Å²) in [5, 5.41) is 0.217. The molecule has 0 bridgehead atoms. The Morgan fingerprint density at radius 3 is 2.58 bits per heavy atom. The van der Waals surface area contributed by atoms with Crippen molar-refractivity contribution in [2.45, 2.75) is 39.2 Å². The highest BCUT2D eigenvalue weighted by molar-refractivity contribution is 6.30. The minimum Gasteiger partial charge on any atom is -0.345 e. The molecule has 3 nitrogen and oxygen atoms in total. The summed E-state index contributed by atoms with van der Waals surface area (Å²) in [5.41, 5.74) is 2.22. The van der Waals surface area contributed by atoms with Gasteiger partial charge in [-0.2, -0.15) is 0 Å². The molecule has 2 aromatic rings. The average molecular weight is 367 g/mol. The standard InChI is InChI=1S/C19H24Cl2N2O/c1-14(2)11-23(19(24)15(3)20)13-18-8-5-9-22(18)12-16-6-4-7-17(21)10-16/h4-10,14-15H,11-13H2,1-3H3/t15-/m0/s1. The molecule has 1 aromatic carbocycles. The number of benzene rings is 1. The van der Waals surface area contributed by atoms with E-state index in [1.54, 1.807) is 6.92 Å². The Labute approximate surface area is 154 Å². The number of halogens is 2. The number of rotatable bonds is 7. The third-order valence-corrected chi connectivity index (χ3v) is 4.18. The maximum absolute atomic E-state index is 12.4. The van der Waals surface area contributed by atoms with Crippen LogP contribution < -0.4 is 0 Å². The first-order valence-electron chi connectivity index (χ1n) is 8.18. The van der Waals surface area contributed by atoms with Crippen LogP contribution in [0.4, 0.5) is 0 Å². The molecule has 0 aliphatic heterocycles. The third kappa shape index (κ3) is 5.29. The zero-order valence-electron chi connectivity index (χ0n) is 14.4. The summed E-state index contributed by atoms with van der Waals surface area (Å²) in [7, 11) is 0. The number of aromatic nitrogens is 1. The van der Waals surface area contributed by atoms with E-state index in [-0.39, 0.29) is 5.91 Å². The number of nitrogens with zero attached hydrogens (tertiary/aromatic N) is 2. The Hall–Kier alpha value is -1.45. The monoisotopic (exact) mass is 366 g/mol. The lowest BCUT2D eigenvalue weighted by molar-refractivity contribution is -0.131. The Balaban J connectivity index is 2.16. The molecule has 0 N–H and O–H groups in total. The van der Waals surface area contributed by atoms with Crippen molar-refractivity contribution < 1.29 is 4.79 Å². The Bertz CT molecular complexity index is 680. The van der Waals surface area contributed by atoms with Gasteiger partial charge in [0.1, 0.15) is 5.38 Å². The molecule has 0 spiro atoms. The Morgan fingerprint density at radius 2 is 1.96 bits per heavy atom. The van der Waals surface area contributed by atoms with Crippen molar-refractivity contribution in [3.05, 3.63) is 58.9 Å². The van der Waals surface area contributed by atoms with E-state index in [9.17, 15) is 4.79 Å². The van der Waals surface area contributed by atoms with Crippen molar-refractivity contribution in [1.82, 2.24) is 9.47 Å². The predicted octanol–water partition coefficient (Wildman–Crippen LogP) is 4.80. The van der Waals surface area contributed by atoms with Gasteiger partial charge in [-0.3, -0.25) is 4.79 Å². The number of carbonyl (C=O) groups is 1. The molecular weight excluding hydrogens is 343 g/mol. The SMILES string of the molecule is CC(C)CN(Cc1cccn1Cc1cccc(Cl)c1)C(=O)[C@H](C)Cl. The fourth-order valence-electron chi connectivity index (χ4n) is 2.70. The van der Waals surface area contributed by atoms with E-state index in [0.29, 0.717) is 19.0 Å². The fraction of sp³-hybridized carbons (Fsp3) is 0.421. The topological polar surface area (TPSA) is 25.2 Å². The third-order valence-electron chi connectivity index (χ3n) is 3.76. The van der Waals surface area contributed by atoms with Crippen molar-refractivity contribution in [3.8, 4) is 0 Å². The lowest BCUT2D eigenvalue weighted by atomic mass is 10.2. The largest absolute Gasteiger partial charge is 0.345 e. The summed E-state index contributed by atoms with van der Waals surface area (Å²) < 4.78 is 2.14. The maximum Gasteiger partial charge on any atom is 0.240 e. The van der Waals surface area contributed by atoms with Crippen LogP contribution in [0.2, 0.25) is 5.02 Å². The minimum absolute atomic E-state index is 0.0270. The molecule has 2 rings (SSSR count). The zero-order chi connectivity index (χ0) is 17.7. The number of hydrogen-bond donors (Lipinski definition) is 0. The van der Waals surface area contributed by atoms with Crippen molar-refractivity contribution in [3.63, 3.8) is 0 Å². The van der Waals surface area contributed by atoms with Gasteiger partial charge in [0.2, 0.25) is 5.91 Å². The van der Waals surface area contributed by atoms with Crippen LogP contribution in [0.15, 0.2) is 42.6 Å². The van der Waals surface area contributed by atoms with E-state index in [1.807, 2.05) is 47.5 Å². The molecule has 0 aliphatic carbocycles. The van der Waals surface area contributed by atoms with Crippen LogP contribution in [-0.2, 0) is 17.9 Å². The highest BCUT2D eigenvalue weighted by atomic mass is 35.5. The summed E-state index contributed by atoms with van der Waals surface area (Å²) in [6.45, 7) is 7.90. The van der Waals surface area contributed by atoms with Gasteiger partial charge in [0.25, 0.3) is 0 Å². The second-order valence-electron chi connectivity index (χ2n) is 6.49. The van der Waals surface area contributed by atoms with Gasteiger partial charge in [0, 0.05) is 30.0 Å². The highest BCUT2D eigenvalue weighted by Crippen LogP contribution is 2.16. The van der Waals surface area contributed by atoms with Gasteiger partial charge in [-0.05, 0) is 42.7 Å². The van der Waals surface area contributed by atoms with Crippen LogP contribution in [0, 0.1) is 5.92 Å². The molecule has 5 heteroatoms. The van der Waals surface area contributed by atoms with E-state index < -0.39 is 5.38 Å². The molecule has 0 saturated carbocycles. The molecule has 1 atom stereocenters. The minimum atomic E-state index is -0.514. The second kappa shape index (κ2) is 8.59. The Kier molecular flexibility index (Phi) is 6.76. The number of amides is 1. The maximum atomic E-state index is 12.4. The zero-order valence-corrected chi connectivity index (χ0v) is 15.9. The van der Waals surface area contributed by atoms with E-state index in [0.717, 1.165) is 22.8 Å². The van der Waals surface area contributed by atoms with E-state index in [1.165, 1.54) is 0 Å². The molecule has 0 aliphatic rings. The molecule has 0 radical (unpaired) electrons. The predicted molar refractivity (Wildman–Crippen MR) is 101 cm³/mol. The number of alkyl halides is 1. The molecule has 24 heavy (non-hydrogen) atoms. The summed E-state index contributed by atoms with van der Waals surface area (Å²) >= 11 is 12.1. The van der Waals surface area contributed by atoms with E-state index in [2.05, 4.69) is 18.4 Å². The van der Waals surface area contributed by atoms with Gasteiger partial charge in [-0.15, -0.1) is 11.6 Å². The van der Waals surface area contributed by atoms with E-state index >= 15 is 0 Å². The molecule has 1 amide bonds. The first-order chi connectivity index (χ1) is 11.4. The molecule has 0 unspecified atom stereocenters. The molecule has 0 saturated heterocycles. The van der Waals surface area contributed by atoms with Gasteiger partial charge < -0.3 is 9.47 Å². The van der Waals surface area contributed by atoms with Gasteiger partial charge in [0.05, 0.1) is 6.54 Å². The van der Waals surface area contributed by atoms with Crippen molar-refractivity contribution in [1.29, 1.82) is 0 Å². The molecule has 1 heterocycles. The molecule has 130 valence electrons. The van der Waals surface area contributed by atoms with Gasteiger partial charge in [0.15, 0.2) is 0 Å². The van der Waals surface area contributed by atoms with Gasteiger partial charge in [-0.25, -0.2) is 0 Å². The highest BCUT2D eigenvalue weighted by Gasteiger charge is 2.20. The van der Waals surface area contributed by atoms with Gasteiger partial charge in [-0.1, -0.05) is 37.6 Å². The molecule has 0 fully saturated rings. The lowest BCUT2D eigenvalue weighted by Gasteiger charge is -2.26.